The fourth-order valence-electron chi connectivity index (χ4n) is 6.42. The Bertz CT molecular complexity index is 979. The van der Waals surface area contributed by atoms with Crippen LogP contribution in [-0.4, -0.2) is 54.1 Å². The van der Waals surface area contributed by atoms with Crippen molar-refractivity contribution in [1.29, 1.82) is 0 Å². The summed E-state index contributed by atoms with van der Waals surface area (Å²) in [6.45, 7) is 5.73. The first-order valence-corrected chi connectivity index (χ1v) is 12.8. The number of aliphatic carboxylic acids is 1. The molecule has 7 heteroatoms. The third kappa shape index (κ3) is 4.47. The largest absolute Gasteiger partial charge is 0.478 e. The highest BCUT2D eigenvalue weighted by molar-refractivity contribution is 5.91. The number of allylic oxidation sites excluding steroid dienone is 1. The summed E-state index contributed by atoms with van der Waals surface area (Å²) in [5, 5.41) is 12.9. The van der Waals surface area contributed by atoms with Crippen LogP contribution in [0.15, 0.2) is 35.5 Å². The molecule has 1 spiro atoms. The Balaban J connectivity index is 1.21. The molecule has 3 aliphatic carbocycles. The quantitative estimate of drug-likeness (QED) is 0.649. The van der Waals surface area contributed by atoms with Gasteiger partial charge < -0.3 is 15.3 Å². The Morgan fingerprint density at radius 2 is 1.79 bits per heavy atom. The zero-order valence-corrected chi connectivity index (χ0v) is 20.1. The second-order valence-corrected chi connectivity index (χ2v) is 10.9. The number of nitrogens with one attached hydrogen (secondary N) is 1. The number of carbonyl (C=O) groups excluding carboxylic acids is 1. The van der Waals surface area contributed by atoms with Gasteiger partial charge in [0.1, 0.15) is 5.82 Å². The van der Waals surface area contributed by atoms with Gasteiger partial charge in [-0.15, -0.1) is 0 Å². The van der Waals surface area contributed by atoms with Crippen molar-refractivity contribution in [3.63, 3.8) is 0 Å². The number of nitrogens with zero attached hydrogens (tertiary/aromatic N) is 2. The highest BCUT2D eigenvalue weighted by atomic mass is 19.1. The number of halogens is 1. The van der Waals surface area contributed by atoms with E-state index in [1.165, 1.54) is 12.1 Å². The van der Waals surface area contributed by atoms with Crippen molar-refractivity contribution >= 4 is 17.6 Å². The number of amides is 1. The van der Waals surface area contributed by atoms with Gasteiger partial charge in [0.15, 0.2) is 0 Å². The molecule has 1 aromatic carbocycles. The molecule has 1 saturated heterocycles. The smallest absolute Gasteiger partial charge is 0.333 e. The van der Waals surface area contributed by atoms with Crippen molar-refractivity contribution < 1.29 is 19.1 Å². The van der Waals surface area contributed by atoms with Crippen LogP contribution in [0.1, 0.15) is 64.7 Å². The van der Waals surface area contributed by atoms with Gasteiger partial charge in [0.2, 0.25) is 5.91 Å². The SMILES string of the molecule is CCC1(C(=O)NC2=C(C(=O)O)CC3(CC2)CC3)CCC(N2CCN(c3ccc(F)cc3)CC2)C1. The lowest BCUT2D eigenvalue weighted by Gasteiger charge is -2.40. The van der Waals surface area contributed by atoms with Crippen LogP contribution in [0.4, 0.5) is 10.1 Å². The van der Waals surface area contributed by atoms with Crippen LogP contribution in [0, 0.1) is 16.6 Å². The van der Waals surface area contributed by atoms with Crippen molar-refractivity contribution in [2.45, 2.75) is 70.8 Å². The molecule has 4 aliphatic rings. The minimum absolute atomic E-state index is 0.0166. The van der Waals surface area contributed by atoms with Crippen molar-refractivity contribution in [3.05, 3.63) is 41.4 Å². The van der Waals surface area contributed by atoms with Crippen molar-refractivity contribution in [2.75, 3.05) is 31.1 Å². The molecule has 0 radical (unpaired) electrons. The maximum Gasteiger partial charge on any atom is 0.333 e. The normalized spacial score (nSPS) is 28.9. The summed E-state index contributed by atoms with van der Waals surface area (Å²) in [5.74, 6) is -1.08. The summed E-state index contributed by atoms with van der Waals surface area (Å²) in [4.78, 5) is 30.2. The van der Waals surface area contributed by atoms with Crippen LogP contribution < -0.4 is 10.2 Å². The van der Waals surface area contributed by atoms with Gasteiger partial charge in [-0.2, -0.15) is 0 Å². The van der Waals surface area contributed by atoms with Gasteiger partial charge in [-0.05, 0) is 87.5 Å². The number of benzene rings is 1. The summed E-state index contributed by atoms with van der Waals surface area (Å²) < 4.78 is 13.2. The second-order valence-electron chi connectivity index (χ2n) is 10.9. The molecule has 1 amide bonds. The number of hydrogen-bond donors (Lipinski definition) is 2. The molecule has 5 rings (SSSR count). The van der Waals surface area contributed by atoms with Crippen LogP contribution in [0.2, 0.25) is 0 Å². The molecule has 2 N–H and O–H groups in total. The van der Waals surface area contributed by atoms with Crippen LogP contribution in [0.5, 0.6) is 0 Å². The van der Waals surface area contributed by atoms with E-state index in [1.54, 1.807) is 0 Å². The third-order valence-corrected chi connectivity index (χ3v) is 9.06. The summed E-state index contributed by atoms with van der Waals surface area (Å²) in [5.41, 5.74) is 1.90. The lowest BCUT2D eigenvalue weighted by molar-refractivity contribution is -0.133. The maximum absolute atomic E-state index is 13.5. The molecule has 0 aromatic heterocycles. The standard InChI is InChI=1S/C27H36FN3O3/c1-2-27(25(34)29-23-8-9-26(11-12-26)18-22(23)24(32)33)10-7-21(17-27)31-15-13-30(14-16-31)20-5-3-19(28)4-6-20/h3-6,21H,2,7-18H2,1H3,(H,29,34)(H,32,33). The number of carboxylic acids is 1. The average Bonchev–Trinajstić information content (AvgIpc) is 3.44. The molecule has 1 aromatic rings. The molecule has 2 saturated carbocycles. The summed E-state index contributed by atoms with van der Waals surface area (Å²) in [7, 11) is 0. The third-order valence-electron chi connectivity index (χ3n) is 9.06. The van der Waals surface area contributed by atoms with Gasteiger partial charge in [0.05, 0.1) is 11.0 Å². The second kappa shape index (κ2) is 8.99. The minimum atomic E-state index is -0.879. The Morgan fingerprint density at radius 3 is 2.41 bits per heavy atom. The Morgan fingerprint density at radius 1 is 1.09 bits per heavy atom. The zero-order valence-electron chi connectivity index (χ0n) is 20.1. The fourth-order valence-corrected chi connectivity index (χ4v) is 6.42. The van der Waals surface area contributed by atoms with E-state index in [-0.39, 0.29) is 17.1 Å². The monoisotopic (exact) mass is 469 g/mol. The topological polar surface area (TPSA) is 72.9 Å². The molecule has 1 aliphatic heterocycles. The van der Waals surface area contributed by atoms with Crippen molar-refractivity contribution in [1.82, 2.24) is 10.2 Å². The maximum atomic E-state index is 13.5. The number of rotatable bonds is 6. The number of hydrogen-bond acceptors (Lipinski definition) is 4. The summed E-state index contributed by atoms with van der Waals surface area (Å²) in [6.07, 6.45) is 7.90. The van der Waals surface area contributed by atoms with E-state index in [9.17, 15) is 19.1 Å². The highest BCUT2D eigenvalue weighted by Gasteiger charge is 2.49. The van der Waals surface area contributed by atoms with Crippen molar-refractivity contribution in [2.24, 2.45) is 10.8 Å². The lowest BCUT2D eigenvalue weighted by atomic mass is 9.80. The molecule has 184 valence electrons. The van der Waals surface area contributed by atoms with Crippen LogP contribution in [0.25, 0.3) is 0 Å². The van der Waals surface area contributed by atoms with Gasteiger partial charge in [0, 0.05) is 43.6 Å². The van der Waals surface area contributed by atoms with Crippen LogP contribution in [0.3, 0.4) is 0 Å². The van der Waals surface area contributed by atoms with E-state index in [0.29, 0.717) is 30.2 Å². The molecule has 2 unspecified atom stereocenters. The fraction of sp³-hybridized carbons (Fsp3) is 0.630. The summed E-state index contributed by atoms with van der Waals surface area (Å²) >= 11 is 0. The Hall–Kier alpha value is -2.41. The predicted octanol–water partition coefficient (Wildman–Crippen LogP) is 4.32. The first-order chi connectivity index (χ1) is 16.3. The number of carboxylic acid groups (broad SMARTS) is 1. The van der Waals surface area contributed by atoms with Gasteiger partial charge in [0.25, 0.3) is 0 Å². The molecule has 2 atom stereocenters. The molecule has 6 nitrogen and oxygen atoms in total. The van der Waals surface area contributed by atoms with Gasteiger partial charge in [-0.25, -0.2) is 9.18 Å². The molecule has 3 fully saturated rings. The molecular formula is C27H36FN3O3. The zero-order chi connectivity index (χ0) is 23.9. The lowest BCUT2D eigenvalue weighted by Crippen LogP contribution is -2.50. The molecule has 1 heterocycles. The minimum Gasteiger partial charge on any atom is -0.478 e. The highest BCUT2D eigenvalue weighted by Crippen LogP contribution is 2.57. The van der Waals surface area contributed by atoms with E-state index in [0.717, 1.165) is 76.8 Å². The van der Waals surface area contributed by atoms with E-state index in [2.05, 4.69) is 22.0 Å². The number of anilines is 1. The summed E-state index contributed by atoms with van der Waals surface area (Å²) in [6, 6.07) is 7.06. The van der Waals surface area contributed by atoms with Crippen LogP contribution >= 0.6 is 0 Å². The molecular weight excluding hydrogens is 433 g/mol. The first kappa shape index (κ1) is 23.3. The van der Waals surface area contributed by atoms with Gasteiger partial charge in [-0.3, -0.25) is 9.69 Å². The molecule has 34 heavy (non-hydrogen) atoms. The van der Waals surface area contributed by atoms with E-state index in [4.69, 9.17) is 0 Å². The first-order valence-electron chi connectivity index (χ1n) is 12.8. The predicted molar refractivity (Wildman–Crippen MR) is 129 cm³/mol. The average molecular weight is 470 g/mol. The van der Waals surface area contributed by atoms with Gasteiger partial charge >= 0.3 is 5.97 Å². The number of carbonyl (C=O) groups is 2. The van der Waals surface area contributed by atoms with E-state index in [1.807, 2.05) is 12.1 Å². The Labute approximate surface area is 201 Å². The van der Waals surface area contributed by atoms with Crippen LogP contribution in [-0.2, 0) is 9.59 Å². The Kier molecular flexibility index (Phi) is 6.17. The van der Waals surface area contributed by atoms with E-state index < -0.39 is 11.4 Å². The molecule has 0 bridgehead atoms. The van der Waals surface area contributed by atoms with Crippen molar-refractivity contribution in [3.8, 4) is 0 Å². The number of piperazine rings is 1. The van der Waals surface area contributed by atoms with E-state index >= 15 is 0 Å². The van der Waals surface area contributed by atoms with Gasteiger partial charge in [-0.1, -0.05) is 6.92 Å².